The number of hydrogen-bond acceptors (Lipinski definition) is 4. The summed E-state index contributed by atoms with van der Waals surface area (Å²) < 4.78 is 7.50. The molecule has 1 saturated carbocycles. The van der Waals surface area contributed by atoms with Crippen molar-refractivity contribution in [3.05, 3.63) is 95.6 Å². The Balaban J connectivity index is 1.42. The second-order valence-electron chi connectivity index (χ2n) is 9.27. The average Bonchev–Trinajstić information content (AvgIpc) is 3.65. The minimum atomic E-state index is -0.335. The summed E-state index contributed by atoms with van der Waals surface area (Å²) in [5.74, 6) is 0.897. The van der Waals surface area contributed by atoms with Crippen molar-refractivity contribution in [1.29, 1.82) is 0 Å². The molecule has 0 radical (unpaired) electrons. The van der Waals surface area contributed by atoms with Crippen LogP contribution < -0.4 is 10.1 Å². The van der Waals surface area contributed by atoms with Gasteiger partial charge in [-0.05, 0) is 49.9 Å². The highest BCUT2D eigenvalue weighted by Gasteiger charge is 2.29. The summed E-state index contributed by atoms with van der Waals surface area (Å²) in [4.78, 5) is 33.0. The van der Waals surface area contributed by atoms with E-state index in [1.54, 1.807) is 29.2 Å². The molecule has 4 aromatic rings. The fourth-order valence-corrected chi connectivity index (χ4v) is 4.49. The molecule has 3 aromatic carbocycles. The first-order valence-electron chi connectivity index (χ1n) is 12.7. The van der Waals surface area contributed by atoms with Gasteiger partial charge >= 0.3 is 0 Å². The Bertz CT molecular complexity index is 1430. The van der Waals surface area contributed by atoms with E-state index in [2.05, 4.69) is 5.32 Å². The van der Waals surface area contributed by atoms with Gasteiger partial charge in [0.15, 0.2) is 0 Å². The molecule has 2 amide bonds. The molecule has 194 valence electrons. The number of imidazole rings is 1. The second kappa shape index (κ2) is 11.5. The van der Waals surface area contributed by atoms with Crippen LogP contribution in [0.1, 0.15) is 30.1 Å². The number of hydrogen-bond donors (Lipinski definition) is 1. The first kappa shape index (κ1) is 25.5. The molecule has 0 unspecified atom stereocenters. The van der Waals surface area contributed by atoms with Crippen LogP contribution in [0.25, 0.3) is 16.9 Å². The smallest absolute Gasteiger partial charge is 0.255 e. The van der Waals surface area contributed by atoms with E-state index in [9.17, 15) is 9.59 Å². The van der Waals surface area contributed by atoms with Crippen LogP contribution in [0.3, 0.4) is 0 Å². The molecule has 7 nitrogen and oxygen atoms in total. The number of carbonyl (C=O) groups is 2. The highest BCUT2D eigenvalue weighted by molar-refractivity contribution is 6.33. The Kier molecular flexibility index (Phi) is 7.75. The van der Waals surface area contributed by atoms with Crippen LogP contribution in [0.4, 0.5) is 5.95 Å². The lowest BCUT2D eigenvalue weighted by Gasteiger charge is -2.22. The number of carbonyl (C=O) groups excluding carboxylic acids is 2. The zero-order valence-electron chi connectivity index (χ0n) is 21.1. The largest absolute Gasteiger partial charge is 0.494 e. The minimum absolute atomic E-state index is 0.104. The third kappa shape index (κ3) is 6.06. The Morgan fingerprint density at radius 2 is 1.82 bits per heavy atom. The standard InChI is InChI=1S/C30H29ClN4O3/c1-2-38-24-12-8-11-23(17-24)35-19-27(22-9-4-3-5-10-22)32-30(35)33-28(36)20-34(18-21-15-16-21)29(37)25-13-6-7-14-26(25)31/h3-14,17,19,21H,2,15-16,18,20H2,1H3,(H,32,33,36). The van der Waals surface area contributed by atoms with E-state index in [1.165, 1.54) is 0 Å². The highest BCUT2D eigenvalue weighted by Crippen LogP contribution is 2.31. The molecule has 0 atom stereocenters. The Morgan fingerprint density at radius 3 is 2.55 bits per heavy atom. The molecule has 38 heavy (non-hydrogen) atoms. The third-order valence-corrected chi connectivity index (χ3v) is 6.66. The molecule has 0 spiro atoms. The van der Waals surface area contributed by atoms with Crippen molar-refractivity contribution in [3.8, 4) is 22.7 Å². The maximum atomic E-state index is 13.3. The Hall–Kier alpha value is -4.10. The summed E-state index contributed by atoms with van der Waals surface area (Å²) in [6.07, 6.45) is 3.98. The first-order chi connectivity index (χ1) is 18.5. The number of anilines is 1. The van der Waals surface area contributed by atoms with E-state index in [-0.39, 0.29) is 18.4 Å². The van der Waals surface area contributed by atoms with Crippen molar-refractivity contribution in [3.63, 3.8) is 0 Å². The number of rotatable bonds is 10. The van der Waals surface area contributed by atoms with Gasteiger partial charge < -0.3 is 9.64 Å². The van der Waals surface area contributed by atoms with Gasteiger partial charge in [0.1, 0.15) is 12.3 Å². The Morgan fingerprint density at radius 1 is 1.05 bits per heavy atom. The zero-order valence-corrected chi connectivity index (χ0v) is 21.9. The van der Waals surface area contributed by atoms with Crippen LogP contribution in [-0.4, -0.2) is 46.0 Å². The first-order valence-corrected chi connectivity index (χ1v) is 13.1. The van der Waals surface area contributed by atoms with Gasteiger partial charge in [0.25, 0.3) is 5.91 Å². The van der Waals surface area contributed by atoms with E-state index < -0.39 is 0 Å². The van der Waals surface area contributed by atoms with Crippen LogP contribution in [0, 0.1) is 5.92 Å². The summed E-state index contributed by atoms with van der Waals surface area (Å²) in [6, 6.07) is 24.3. The number of halogens is 1. The van der Waals surface area contributed by atoms with Gasteiger partial charge in [0, 0.05) is 24.4 Å². The third-order valence-electron chi connectivity index (χ3n) is 6.33. The van der Waals surface area contributed by atoms with Crippen molar-refractivity contribution in [1.82, 2.24) is 14.5 Å². The molecule has 1 N–H and O–H groups in total. The van der Waals surface area contributed by atoms with Gasteiger partial charge in [-0.2, -0.15) is 0 Å². The highest BCUT2D eigenvalue weighted by atomic mass is 35.5. The van der Waals surface area contributed by atoms with Gasteiger partial charge in [-0.1, -0.05) is 60.1 Å². The van der Waals surface area contributed by atoms with Crippen molar-refractivity contribution in [2.75, 3.05) is 25.0 Å². The van der Waals surface area contributed by atoms with Gasteiger partial charge in [-0.3, -0.25) is 19.5 Å². The van der Waals surface area contributed by atoms with E-state index in [0.29, 0.717) is 41.3 Å². The van der Waals surface area contributed by atoms with Crippen LogP contribution in [0.2, 0.25) is 5.02 Å². The molecule has 0 bridgehead atoms. The van der Waals surface area contributed by atoms with Gasteiger partial charge in [-0.15, -0.1) is 0 Å². The second-order valence-corrected chi connectivity index (χ2v) is 9.68. The van der Waals surface area contributed by atoms with Gasteiger partial charge in [0.05, 0.1) is 28.6 Å². The quantitative estimate of drug-likeness (QED) is 0.270. The molecule has 8 heteroatoms. The van der Waals surface area contributed by atoms with Gasteiger partial charge in [-0.25, -0.2) is 4.98 Å². The van der Waals surface area contributed by atoms with Crippen LogP contribution in [0.5, 0.6) is 5.75 Å². The predicted molar refractivity (Wildman–Crippen MR) is 149 cm³/mol. The molecule has 1 aromatic heterocycles. The normalized spacial score (nSPS) is 12.7. The van der Waals surface area contributed by atoms with Gasteiger partial charge in [0.2, 0.25) is 11.9 Å². The van der Waals surface area contributed by atoms with Crippen molar-refractivity contribution >= 4 is 29.4 Å². The summed E-state index contributed by atoms with van der Waals surface area (Å²) in [5, 5.41) is 3.31. The topological polar surface area (TPSA) is 76.5 Å². The van der Waals surface area contributed by atoms with E-state index in [1.807, 2.05) is 72.3 Å². The molecule has 5 rings (SSSR count). The summed E-state index contributed by atoms with van der Waals surface area (Å²) in [5.41, 5.74) is 2.82. The number of nitrogens with zero attached hydrogens (tertiary/aromatic N) is 3. The summed E-state index contributed by atoms with van der Waals surface area (Å²) in [7, 11) is 0. The summed E-state index contributed by atoms with van der Waals surface area (Å²) >= 11 is 6.29. The molecule has 1 aliphatic carbocycles. The lowest BCUT2D eigenvalue weighted by atomic mass is 10.2. The lowest BCUT2D eigenvalue weighted by Crippen LogP contribution is -2.39. The van der Waals surface area contributed by atoms with Crippen molar-refractivity contribution in [2.45, 2.75) is 19.8 Å². The van der Waals surface area contributed by atoms with E-state index >= 15 is 0 Å². The maximum absolute atomic E-state index is 13.3. The number of nitrogens with one attached hydrogen (secondary N) is 1. The fraction of sp³-hybridized carbons (Fsp3) is 0.233. The minimum Gasteiger partial charge on any atom is -0.494 e. The fourth-order valence-electron chi connectivity index (χ4n) is 4.28. The molecule has 1 fully saturated rings. The van der Waals surface area contributed by atoms with E-state index in [0.717, 1.165) is 29.8 Å². The van der Waals surface area contributed by atoms with Crippen molar-refractivity contribution in [2.24, 2.45) is 5.92 Å². The van der Waals surface area contributed by atoms with Crippen LogP contribution in [-0.2, 0) is 4.79 Å². The SMILES string of the molecule is CCOc1cccc(-n2cc(-c3ccccc3)nc2NC(=O)CN(CC2CC2)C(=O)c2ccccc2Cl)c1. The van der Waals surface area contributed by atoms with E-state index in [4.69, 9.17) is 21.3 Å². The van der Waals surface area contributed by atoms with Crippen LogP contribution in [0.15, 0.2) is 85.1 Å². The molecule has 1 aliphatic rings. The molecular weight excluding hydrogens is 500 g/mol. The molecule has 1 heterocycles. The lowest BCUT2D eigenvalue weighted by molar-refractivity contribution is -0.117. The molecule has 0 aliphatic heterocycles. The predicted octanol–water partition coefficient (Wildman–Crippen LogP) is 6.08. The zero-order chi connectivity index (χ0) is 26.5. The van der Waals surface area contributed by atoms with Crippen LogP contribution >= 0.6 is 11.6 Å². The monoisotopic (exact) mass is 528 g/mol. The summed E-state index contributed by atoms with van der Waals surface area (Å²) in [6.45, 7) is 2.88. The number of benzene rings is 3. The molecular formula is C30H29ClN4O3. The molecule has 0 saturated heterocycles. The number of ether oxygens (including phenoxy) is 1. The number of amides is 2. The number of aromatic nitrogens is 2. The Labute approximate surface area is 227 Å². The van der Waals surface area contributed by atoms with Crippen molar-refractivity contribution < 1.29 is 14.3 Å². The maximum Gasteiger partial charge on any atom is 0.255 e. The average molecular weight is 529 g/mol.